The molecule has 1 rings (SSSR count). The number of likely N-dealkylation sites (N-methyl/N-ethyl adjacent to an activating group) is 1. The number of allylic oxidation sites excluding steroid dienone is 3. The van der Waals surface area contributed by atoms with Gasteiger partial charge in [0.25, 0.3) is 5.91 Å². The molecule has 0 aliphatic carbocycles. The molecule has 1 heterocycles. The molecule has 1 aromatic rings. The van der Waals surface area contributed by atoms with Crippen LogP contribution in [0.4, 0.5) is 4.39 Å². The molecular weight excluding hydrogens is 317 g/mol. The standard InChI is InChI=1S/C20H32FN3O/c1-7-24(8-2)12-11-22-20(25)19-16(5)18(23-17(19)6)13-14(3)9-10-15(4)21/h10,13,23H,7-9,11-12H2,1-6H3,(H,22,25)/b14-13+,15-10+. The molecule has 0 aromatic carbocycles. The lowest BCUT2D eigenvalue weighted by Gasteiger charge is -2.18. The molecule has 0 saturated heterocycles. The average Bonchev–Trinajstić information content (AvgIpc) is 2.83. The topological polar surface area (TPSA) is 48.1 Å². The van der Waals surface area contributed by atoms with Crippen molar-refractivity contribution in [3.8, 4) is 0 Å². The second kappa shape index (κ2) is 10.2. The summed E-state index contributed by atoms with van der Waals surface area (Å²) in [4.78, 5) is 18.1. The lowest BCUT2D eigenvalue weighted by molar-refractivity contribution is 0.0948. The molecule has 1 amide bonds. The summed E-state index contributed by atoms with van der Waals surface area (Å²) in [6.45, 7) is 14.9. The largest absolute Gasteiger partial charge is 0.358 e. The molecule has 4 nitrogen and oxygen atoms in total. The van der Waals surface area contributed by atoms with Crippen LogP contribution in [0, 0.1) is 13.8 Å². The minimum absolute atomic E-state index is 0.0461. The van der Waals surface area contributed by atoms with Crippen LogP contribution in [0.1, 0.15) is 61.4 Å². The van der Waals surface area contributed by atoms with Crippen LogP contribution in [-0.4, -0.2) is 42.0 Å². The summed E-state index contributed by atoms with van der Waals surface area (Å²) in [5.41, 5.74) is 4.44. The van der Waals surface area contributed by atoms with Crippen molar-refractivity contribution in [3.05, 3.63) is 40.0 Å². The highest BCUT2D eigenvalue weighted by Gasteiger charge is 2.17. The Morgan fingerprint density at radius 3 is 2.44 bits per heavy atom. The smallest absolute Gasteiger partial charge is 0.253 e. The molecule has 0 unspecified atom stereocenters. The van der Waals surface area contributed by atoms with E-state index in [1.807, 2.05) is 26.8 Å². The van der Waals surface area contributed by atoms with Gasteiger partial charge in [0.2, 0.25) is 0 Å². The summed E-state index contributed by atoms with van der Waals surface area (Å²) in [6.07, 6.45) is 4.09. The number of carbonyl (C=O) groups excluding carboxylic acids is 1. The van der Waals surface area contributed by atoms with E-state index in [1.54, 1.807) is 6.08 Å². The Kier molecular flexibility index (Phi) is 8.62. The molecule has 0 radical (unpaired) electrons. The zero-order chi connectivity index (χ0) is 19.0. The highest BCUT2D eigenvalue weighted by atomic mass is 19.1. The molecule has 0 spiro atoms. The molecule has 5 heteroatoms. The number of aromatic nitrogens is 1. The van der Waals surface area contributed by atoms with E-state index >= 15 is 0 Å². The molecule has 0 fully saturated rings. The quantitative estimate of drug-likeness (QED) is 0.695. The summed E-state index contributed by atoms with van der Waals surface area (Å²) in [5, 5.41) is 3.01. The number of amides is 1. The Morgan fingerprint density at radius 2 is 1.88 bits per heavy atom. The van der Waals surface area contributed by atoms with E-state index in [9.17, 15) is 9.18 Å². The van der Waals surface area contributed by atoms with Crippen LogP contribution < -0.4 is 5.32 Å². The fourth-order valence-electron chi connectivity index (χ4n) is 2.82. The second-order valence-electron chi connectivity index (χ2n) is 6.43. The highest BCUT2D eigenvalue weighted by molar-refractivity contribution is 5.97. The predicted octanol–water partition coefficient (Wildman–Crippen LogP) is 4.37. The Bertz CT molecular complexity index is 636. The Balaban J connectivity index is 2.82. The van der Waals surface area contributed by atoms with Crippen molar-refractivity contribution in [1.82, 2.24) is 15.2 Å². The van der Waals surface area contributed by atoms with Gasteiger partial charge in [0, 0.05) is 24.5 Å². The number of aryl methyl sites for hydroxylation is 1. The van der Waals surface area contributed by atoms with Gasteiger partial charge in [0.15, 0.2) is 0 Å². The Morgan fingerprint density at radius 1 is 1.24 bits per heavy atom. The zero-order valence-electron chi connectivity index (χ0n) is 16.4. The lowest BCUT2D eigenvalue weighted by Crippen LogP contribution is -2.35. The lowest BCUT2D eigenvalue weighted by atomic mass is 10.1. The number of nitrogens with zero attached hydrogens (tertiary/aromatic N) is 1. The molecule has 0 atom stereocenters. The van der Waals surface area contributed by atoms with Gasteiger partial charge in [-0.15, -0.1) is 0 Å². The predicted molar refractivity (Wildman–Crippen MR) is 104 cm³/mol. The summed E-state index contributed by atoms with van der Waals surface area (Å²) in [7, 11) is 0. The molecular formula is C20H32FN3O. The van der Waals surface area contributed by atoms with Crippen molar-refractivity contribution >= 4 is 12.0 Å². The van der Waals surface area contributed by atoms with Crippen molar-refractivity contribution in [2.45, 2.75) is 48.0 Å². The van der Waals surface area contributed by atoms with Crippen molar-refractivity contribution in [2.75, 3.05) is 26.2 Å². The molecule has 140 valence electrons. The van der Waals surface area contributed by atoms with E-state index in [-0.39, 0.29) is 11.7 Å². The fraction of sp³-hybridized carbons (Fsp3) is 0.550. The van der Waals surface area contributed by atoms with Crippen LogP contribution in [0.5, 0.6) is 0 Å². The highest BCUT2D eigenvalue weighted by Crippen LogP contribution is 2.21. The van der Waals surface area contributed by atoms with Crippen LogP contribution in [0.3, 0.4) is 0 Å². The number of aromatic amines is 1. The van der Waals surface area contributed by atoms with Crippen LogP contribution >= 0.6 is 0 Å². The van der Waals surface area contributed by atoms with Crippen LogP contribution in [0.25, 0.3) is 6.08 Å². The number of rotatable bonds is 9. The SMILES string of the molecule is CCN(CC)CCNC(=O)c1c(C)[nH]c(/C=C(\C)C/C=C(\C)F)c1C. The van der Waals surface area contributed by atoms with E-state index < -0.39 is 0 Å². The van der Waals surface area contributed by atoms with Gasteiger partial charge in [-0.25, -0.2) is 4.39 Å². The van der Waals surface area contributed by atoms with E-state index in [4.69, 9.17) is 0 Å². The number of nitrogens with one attached hydrogen (secondary N) is 2. The van der Waals surface area contributed by atoms with E-state index in [0.717, 1.165) is 42.2 Å². The number of halogens is 1. The third kappa shape index (κ3) is 6.50. The number of hydrogen-bond donors (Lipinski definition) is 2. The summed E-state index contributed by atoms with van der Waals surface area (Å²) >= 11 is 0. The zero-order valence-corrected chi connectivity index (χ0v) is 16.4. The van der Waals surface area contributed by atoms with Gasteiger partial charge in [-0.2, -0.15) is 0 Å². The molecule has 1 aromatic heterocycles. The van der Waals surface area contributed by atoms with E-state index in [0.29, 0.717) is 18.5 Å². The first-order valence-electron chi connectivity index (χ1n) is 8.99. The van der Waals surface area contributed by atoms with Gasteiger partial charge >= 0.3 is 0 Å². The summed E-state index contributed by atoms with van der Waals surface area (Å²) in [6, 6.07) is 0. The second-order valence-corrected chi connectivity index (χ2v) is 6.43. The van der Waals surface area contributed by atoms with E-state index in [1.165, 1.54) is 6.92 Å². The first kappa shape index (κ1) is 21.2. The van der Waals surface area contributed by atoms with Crippen molar-refractivity contribution in [3.63, 3.8) is 0 Å². The minimum atomic E-state index is -0.180. The van der Waals surface area contributed by atoms with Crippen LogP contribution in [0.15, 0.2) is 17.5 Å². The number of H-pyrrole nitrogens is 1. The van der Waals surface area contributed by atoms with Gasteiger partial charge in [0.05, 0.1) is 11.4 Å². The molecule has 2 N–H and O–H groups in total. The van der Waals surface area contributed by atoms with Crippen LogP contribution in [-0.2, 0) is 0 Å². The molecule has 0 aliphatic heterocycles. The number of hydrogen-bond acceptors (Lipinski definition) is 2. The van der Waals surface area contributed by atoms with Gasteiger partial charge in [0.1, 0.15) is 0 Å². The first-order chi connectivity index (χ1) is 11.8. The van der Waals surface area contributed by atoms with Crippen molar-refractivity contribution in [2.24, 2.45) is 0 Å². The van der Waals surface area contributed by atoms with E-state index in [2.05, 4.69) is 29.0 Å². The molecule has 0 saturated carbocycles. The Hall–Kier alpha value is -1.88. The maximum atomic E-state index is 12.9. The third-order valence-electron chi connectivity index (χ3n) is 4.41. The first-order valence-corrected chi connectivity index (χ1v) is 8.99. The minimum Gasteiger partial charge on any atom is -0.358 e. The van der Waals surface area contributed by atoms with Gasteiger partial charge in [-0.05, 0) is 64.9 Å². The monoisotopic (exact) mass is 349 g/mol. The normalized spacial score (nSPS) is 12.8. The van der Waals surface area contributed by atoms with Crippen molar-refractivity contribution < 1.29 is 9.18 Å². The Labute approximate surface area is 151 Å². The maximum Gasteiger partial charge on any atom is 0.253 e. The summed E-state index contributed by atoms with van der Waals surface area (Å²) in [5.74, 6) is -0.226. The third-order valence-corrected chi connectivity index (χ3v) is 4.41. The molecule has 25 heavy (non-hydrogen) atoms. The molecule has 0 aliphatic rings. The average molecular weight is 349 g/mol. The van der Waals surface area contributed by atoms with Gasteiger partial charge < -0.3 is 15.2 Å². The summed E-state index contributed by atoms with van der Waals surface area (Å²) < 4.78 is 12.9. The van der Waals surface area contributed by atoms with Crippen LogP contribution in [0.2, 0.25) is 0 Å². The molecule has 0 bridgehead atoms. The fourth-order valence-corrected chi connectivity index (χ4v) is 2.82. The maximum absolute atomic E-state index is 12.9. The number of carbonyl (C=O) groups is 1. The van der Waals surface area contributed by atoms with Gasteiger partial charge in [-0.3, -0.25) is 4.79 Å². The van der Waals surface area contributed by atoms with Crippen molar-refractivity contribution in [1.29, 1.82) is 0 Å². The van der Waals surface area contributed by atoms with Gasteiger partial charge in [-0.1, -0.05) is 19.4 Å².